The predicted octanol–water partition coefficient (Wildman–Crippen LogP) is 4.18. The van der Waals surface area contributed by atoms with E-state index >= 15 is 0 Å². The van der Waals surface area contributed by atoms with E-state index in [0.29, 0.717) is 0 Å². The molecule has 1 N–H and O–H groups in total. The van der Waals surface area contributed by atoms with Gasteiger partial charge in [-0.3, -0.25) is 0 Å². The summed E-state index contributed by atoms with van der Waals surface area (Å²) in [4.78, 5) is 0. The van der Waals surface area contributed by atoms with Crippen LogP contribution in [0.5, 0.6) is 0 Å². The van der Waals surface area contributed by atoms with Crippen molar-refractivity contribution in [2.75, 3.05) is 6.54 Å². The van der Waals surface area contributed by atoms with Gasteiger partial charge in [0.15, 0.2) is 0 Å². The second-order valence-corrected chi connectivity index (χ2v) is 5.30. The van der Waals surface area contributed by atoms with Crippen molar-refractivity contribution >= 4 is 28.3 Å². The van der Waals surface area contributed by atoms with Gasteiger partial charge in [0.1, 0.15) is 0 Å². The molecule has 1 aliphatic rings. The van der Waals surface area contributed by atoms with Gasteiger partial charge >= 0.3 is 0 Å². The zero-order valence-electron chi connectivity index (χ0n) is 9.95. The third-order valence-electron chi connectivity index (χ3n) is 3.28. The van der Waals surface area contributed by atoms with Gasteiger partial charge in [-0.1, -0.05) is 46.3 Å². The van der Waals surface area contributed by atoms with Gasteiger partial charge in [0.05, 0.1) is 0 Å². The summed E-state index contributed by atoms with van der Waals surface area (Å²) < 4.78 is 1.14. The summed E-state index contributed by atoms with van der Waals surface area (Å²) in [5, 5.41) is 3.45. The molecule has 2 aromatic carbocycles. The molecule has 0 bridgehead atoms. The van der Waals surface area contributed by atoms with Crippen LogP contribution in [0.1, 0.15) is 11.1 Å². The SMILES string of the molecule is Brc1cccc(-c2cccc3c2CNCC3)c1.Cl. The highest BCUT2D eigenvalue weighted by Crippen LogP contribution is 2.29. The van der Waals surface area contributed by atoms with E-state index in [-0.39, 0.29) is 12.4 Å². The van der Waals surface area contributed by atoms with Gasteiger partial charge in [0.2, 0.25) is 0 Å². The third kappa shape index (κ3) is 2.61. The zero-order chi connectivity index (χ0) is 11.7. The van der Waals surface area contributed by atoms with E-state index in [1.807, 2.05) is 0 Å². The molecule has 0 spiro atoms. The van der Waals surface area contributed by atoms with E-state index in [9.17, 15) is 0 Å². The Labute approximate surface area is 122 Å². The van der Waals surface area contributed by atoms with Crippen molar-refractivity contribution < 1.29 is 0 Å². The van der Waals surface area contributed by atoms with Gasteiger partial charge in [0, 0.05) is 11.0 Å². The Morgan fingerprint density at radius 2 is 1.89 bits per heavy atom. The molecule has 0 amide bonds. The lowest BCUT2D eigenvalue weighted by molar-refractivity contribution is 0.645. The molecule has 3 rings (SSSR count). The van der Waals surface area contributed by atoms with Gasteiger partial charge in [-0.2, -0.15) is 0 Å². The van der Waals surface area contributed by atoms with Crippen LogP contribution in [0.3, 0.4) is 0 Å². The molecule has 94 valence electrons. The maximum absolute atomic E-state index is 3.54. The number of nitrogens with one attached hydrogen (secondary N) is 1. The minimum Gasteiger partial charge on any atom is -0.312 e. The number of benzene rings is 2. The van der Waals surface area contributed by atoms with Crippen LogP contribution in [0.2, 0.25) is 0 Å². The second-order valence-electron chi connectivity index (χ2n) is 4.38. The summed E-state index contributed by atoms with van der Waals surface area (Å²) in [6, 6.07) is 15.1. The van der Waals surface area contributed by atoms with Gasteiger partial charge in [0.25, 0.3) is 0 Å². The van der Waals surface area contributed by atoms with E-state index in [2.05, 4.69) is 63.7 Å². The van der Waals surface area contributed by atoms with Gasteiger partial charge in [-0.15, -0.1) is 12.4 Å². The molecule has 0 atom stereocenters. The van der Waals surface area contributed by atoms with Crippen molar-refractivity contribution in [2.45, 2.75) is 13.0 Å². The average Bonchev–Trinajstić information content (AvgIpc) is 2.38. The van der Waals surface area contributed by atoms with Crippen LogP contribution in [-0.2, 0) is 13.0 Å². The van der Waals surface area contributed by atoms with Crippen molar-refractivity contribution in [3.8, 4) is 11.1 Å². The number of halogens is 2. The highest BCUT2D eigenvalue weighted by atomic mass is 79.9. The predicted molar refractivity (Wildman–Crippen MR) is 82.2 cm³/mol. The highest BCUT2D eigenvalue weighted by Gasteiger charge is 2.13. The van der Waals surface area contributed by atoms with Crippen molar-refractivity contribution in [2.24, 2.45) is 0 Å². The minimum atomic E-state index is 0. The zero-order valence-corrected chi connectivity index (χ0v) is 12.4. The molecule has 3 heteroatoms. The first-order valence-electron chi connectivity index (χ1n) is 5.92. The molecule has 0 unspecified atom stereocenters. The molecule has 18 heavy (non-hydrogen) atoms. The second kappa shape index (κ2) is 5.87. The van der Waals surface area contributed by atoms with Crippen LogP contribution >= 0.6 is 28.3 Å². The summed E-state index contributed by atoms with van der Waals surface area (Å²) in [7, 11) is 0. The lowest BCUT2D eigenvalue weighted by atomic mass is 9.92. The molecule has 0 aromatic heterocycles. The number of rotatable bonds is 1. The molecule has 1 nitrogen and oxygen atoms in total. The van der Waals surface area contributed by atoms with E-state index in [1.54, 1.807) is 0 Å². The standard InChI is InChI=1S/C15H14BrN.ClH/c16-13-5-1-4-12(9-13)14-6-2-3-11-7-8-17-10-15(11)14;/h1-6,9,17H,7-8,10H2;1H. The Balaban J connectivity index is 0.00000120. The monoisotopic (exact) mass is 323 g/mol. The molecular formula is C15H15BrClN. The highest BCUT2D eigenvalue weighted by molar-refractivity contribution is 9.10. The molecule has 0 saturated heterocycles. The van der Waals surface area contributed by atoms with Crippen LogP contribution in [0, 0.1) is 0 Å². The first kappa shape index (κ1) is 13.6. The van der Waals surface area contributed by atoms with Crippen molar-refractivity contribution in [3.05, 3.63) is 58.1 Å². The maximum atomic E-state index is 3.54. The average molecular weight is 325 g/mol. The Morgan fingerprint density at radius 3 is 2.72 bits per heavy atom. The fourth-order valence-corrected chi connectivity index (χ4v) is 2.84. The van der Waals surface area contributed by atoms with Crippen molar-refractivity contribution in [1.82, 2.24) is 5.32 Å². The molecular weight excluding hydrogens is 310 g/mol. The van der Waals surface area contributed by atoms with Crippen LogP contribution in [-0.4, -0.2) is 6.54 Å². The Hall–Kier alpha value is -0.830. The van der Waals surface area contributed by atoms with Gasteiger partial charge < -0.3 is 5.32 Å². The first-order valence-corrected chi connectivity index (χ1v) is 6.71. The molecule has 1 heterocycles. The summed E-state index contributed by atoms with van der Waals surface area (Å²) in [6.07, 6.45) is 1.14. The fraction of sp³-hybridized carbons (Fsp3) is 0.200. The van der Waals surface area contributed by atoms with E-state index in [1.165, 1.54) is 22.3 Å². The molecule has 2 aromatic rings. The third-order valence-corrected chi connectivity index (χ3v) is 3.77. The molecule has 0 aliphatic carbocycles. The number of hydrogen-bond acceptors (Lipinski definition) is 1. The lowest BCUT2D eigenvalue weighted by Crippen LogP contribution is -2.24. The van der Waals surface area contributed by atoms with Crippen LogP contribution in [0.4, 0.5) is 0 Å². The van der Waals surface area contributed by atoms with Gasteiger partial charge in [-0.25, -0.2) is 0 Å². The summed E-state index contributed by atoms with van der Waals surface area (Å²) >= 11 is 3.54. The number of fused-ring (bicyclic) bond motifs is 1. The largest absolute Gasteiger partial charge is 0.312 e. The van der Waals surface area contributed by atoms with Crippen LogP contribution in [0.15, 0.2) is 46.9 Å². The maximum Gasteiger partial charge on any atom is 0.0214 e. The van der Waals surface area contributed by atoms with E-state index in [4.69, 9.17) is 0 Å². The van der Waals surface area contributed by atoms with Crippen LogP contribution < -0.4 is 5.32 Å². The van der Waals surface area contributed by atoms with E-state index in [0.717, 1.165) is 24.0 Å². The van der Waals surface area contributed by atoms with Gasteiger partial charge in [-0.05, 0) is 47.4 Å². The van der Waals surface area contributed by atoms with Crippen LogP contribution in [0.25, 0.3) is 11.1 Å². The summed E-state index contributed by atoms with van der Waals surface area (Å²) in [6.45, 7) is 2.08. The first-order chi connectivity index (χ1) is 8.34. The molecule has 0 radical (unpaired) electrons. The van der Waals surface area contributed by atoms with E-state index < -0.39 is 0 Å². The van der Waals surface area contributed by atoms with Crippen molar-refractivity contribution in [3.63, 3.8) is 0 Å². The fourth-order valence-electron chi connectivity index (χ4n) is 2.44. The normalized spacial score (nSPS) is 13.6. The molecule has 0 fully saturated rings. The molecule has 0 saturated carbocycles. The Bertz CT molecular complexity index is 554. The minimum absolute atomic E-state index is 0. The molecule has 1 aliphatic heterocycles. The summed E-state index contributed by atoms with van der Waals surface area (Å²) in [5.74, 6) is 0. The topological polar surface area (TPSA) is 12.0 Å². The Morgan fingerprint density at radius 1 is 1.06 bits per heavy atom. The number of hydrogen-bond donors (Lipinski definition) is 1. The summed E-state index contributed by atoms with van der Waals surface area (Å²) in [5.41, 5.74) is 5.59. The lowest BCUT2D eigenvalue weighted by Gasteiger charge is -2.20. The smallest absolute Gasteiger partial charge is 0.0214 e. The van der Waals surface area contributed by atoms with Crippen molar-refractivity contribution in [1.29, 1.82) is 0 Å². The quantitative estimate of drug-likeness (QED) is 0.829. The Kier molecular flexibility index (Phi) is 4.44.